The van der Waals surface area contributed by atoms with E-state index in [4.69, 9.17) is 26.1 Å². The predicted octanol–water partition coefficient (Wildman–Crippen LogP) is 6.09. The second-order valence-electron chi connectivity index (χ2n) is 12.3. The number of allylic oxidation sites excluding steroid dienone is 1. The minimum absolute atomic E-state index is 0.205. The summed E-state index contributed by atoms with van der Waals surface area (Å²) in [6, 6.07) is 11.1. The summed E-state index contributed by atoms with van der Waals surface area (Å²) in [6.07, 6.45) is 13.2. The third-order valence-corrected chi connectivity index (χ3v) is 8.69. The lowest BCUT2D eigenvalue weighted by Gasteiger charge is -2.39. The fraction of sp³-hybridized carbons (Fsp3) is 0.500. The summed E-state index contributed by atoms with van der Waals surface area (Å²) in [7, 11) is 3.46. The first kappa shape index (κ1) is 37.7. The molecule has 0 unspecified atom stereocenters. The zero-order valence-corrected chi connectivity index (χ0v) is 29.4. The molecule has 1 aliphatic carbocycles. The molecule has 11 heteroatoms. The SMILES string of the molecule is C/C=C(\c1cc(Cl)ccc1[C@@H](c1ccccn1)N1CCN(C(=O)OCC(C)C)CC1)[C@H](/C=C/NC=NC)NC=O.COC1(C)CCC1. The lowest BCUT2D eigenvalue weighted by molar-refractivity contribution is -0.109. The molecule has 256 valence electrons. The second kappa shape index (κ2) is 19.2. The van der Waals surface area contributed by atoms with Crippen molar-refractivity contribution >= 4 is 36.0 Å². The number of aromatic nitrogens is 1. The quantitative estimate of drug-likeness (QED) is 0.151. The Kier molecular flexibility index (Phi) is 15.4. The van der Waals surface area contributed by atoms with Gasteiger partial charge in [0.05, 0.1) is 36.3 Å². The van der Waals surface area contributed by atoms with E-state index in [0.29, 0.717) is 44.2 Å². The molecular formula is C36H51ClN6O4. The van der Waals surface area contributed by atoms with Gasteiger partial charge in [-0.05, 0) is 86.1 Å². The summed E-state index contributed by atoms with van der Waals surface area (Å²) in [5.74, 6) is 0.283. The number of benzene rings is 1. The van der Waals surface area contributed by atoms with Crippen molar-refractivity contribution in [3.63, 3.8) is 0 Å². The maximum Gasteiger partial charge on any atom is 0.409 e. The van der Waals surface area contributed by atoms with Gasteiger partial charge in [0.25, 0.3) is 0 Å². The Morgan fingerprint density at radius 2 is 1.91 bits per heavy atom. The average molecular weight is 667 g/mol. The predicted molar refractivity (Wildman–Crippen MR) is 189 cm³/mol. The highest BCUT2D eigenvalue weighted by molar-refractivity contribution is 6.30. The van der Waals surface area contributed by atoms with Crippen molar-refractivity contribution in [1.82, 2.24) is 25.4 Å². The van der Waals surface area contributed by atoms with Crippen LogP contribution in [0.5, 0.6) is 0 Å². The number of rotatable bonds is 13. The van der Waals surface area contributed by atoms with E-state index in [1.54, 1.807) is 37.8 Å². The zero-order valence-electron chi connectivity index (χ0n) is 28.6. The van der Waals surface area contributed by atoms with Crippen LogP contribution >= 0.6 is 11.6 Å². The van der Waals surface area contributed by atoms with Crippen molar-refractivity contribution in [3.8, 4) is 0 Å². The highest BCUT2D eigenvalue weighted by Gasteiger charge is 2.32. The number of piperazine rings is 1. The Morgan fingerprint density at radius 3 is 2.45 bits per heavy atom. The summed E-state index contributed by atoms with van der Waals surface area (Å²) < 4.78 is 10.6. The molecule has 2 aliphatic rings. The normalized spacial score (nSPS) is 17.9. The van der Waals surface area contributed by atoms with Gasteiger partial charge in [0.1, 0.15) is 0 Å². The summed E-state index contributed by atoms with van der Waals surface area (Å²) in [5.41, 5.74) is 3.93. The van der Waals surface area contributed by atoms with E-state index in [1.165, 1.54) is 19.3 Å². The molecule has 0 bridgehead atoms. The third-order valence-electron chi connectivity index (χ3n) is 8.45. The van der Waals surface area contributed by atoms with E-state index >= 15 is 0 Å². The maximum atomic E-state index is 12.6. The molecule has 1 aromatic carbocycles. The van der Waals surface area contributed by atoms with Crippen LogP contribution in [-0.2, 0) is 14.3 Å². The minimum Gasteiger partial charge on any atom is -0.449 e. The number of nitrogens with zero attached hydrogens (tertiary/aromatic N) is 4. The number of hydrogen-bond acceptors (Lipinski definition) is 7. The van der Waals surface area contributed by atoms with Crippen LogP contribution < -0.4 is 10.6 Å². The number of amides is 2. The van der Waals surface area contributed by atoms with Crippen molar-refractivity contribution < 1.29 is 19.1 Å². The number of pyridine rings is 1. The standard InChI is InChI=1S/C30H39ClN6O3.C6H12O/c1-5-24(27(35-21-38)11-13-33-20-32-4)26-18-23(31)9-10-25(26)29(28-8-6-7-12-34-28)36-14-16-37(17-15-36)30(39)40-19-22(2)3;1-6(7-2)4-3-5-6/h5-13,18,20-22,27,29H,14-17,19H2,1-4H3,(H,32,33)(H,35,38);3-5H2,1-2H3/b13-11+,24-5+;/t27-,29-;/m0./s1. The van der Waals surface area contributed by atoms with Crippen LogP contribution in [0.1, 0.15) is 69.8 Å². The highest BCUT2D eigenvalue weighted by Crippen LogP contribution is 2.37. The third kappa shape index (κ3) is 11.2. The Morgan fingerprint density at radius 1 is 1.17 bits per heavy atom. The molecule has 2 atom stereocenters. The van der Waals surface area contributed by atoms with Crippen molar-refractivity contribution in [2.24, 2.45) is 10.9 Å². The van der Waals surface area contributed by atoms with Gasteiger partial charge < -0.3 is 25.0 Å². The number of nitrogens with one attached hydrogen (secondary N) is 2. The van der Waals surface area contributed by atoms with E-state index in [9.17, 15) is 9.59 Å². The van der Waals surface area contributed by atoms with Gasteiger partial charge in [-0.15, -0.1) is 0 Å². The Bertz CT molecular complexity index is 1350. The van der Waals surface area contributed by atoms with Gasteiger partial charge in [0.15, 0.2) is 0 Å². The maximum absolute atomic E-state index is 12.6. The highest BCUT2D eigenvalue weighted by atomic mass is 35.5. The van der Waals surface area contributed by atoms with E-state index in [1.807, 2.05) is 69.3 Å². The van der Waals surface area contributed by atoms with Crippen LogP contribution in [0.25, 0.3) is 5.57 Å². The van der Waals surface area contributed by atoms with Gasteiger partial charge in [-0.1, -0.05) is 43.7 Å². The Labute approximate surface area is 285 Å². The average Bonchev–Trinajstić information content (AvgIpc) is 3.07. The summed E-state index contributed by atoms with van der Waals surface area (Å²) in [5, 5.41) is 6.45. The lowest BCUT2D eigenvalue weighted by Crippen LogP contribution is -2.50. The van der Waals surface area contributed by atoms with Gasteiger partial charge >= 0.3 is 6.09 Å². The first-order valence-electron chi connectivity index (χ1n) is 16.3. The van der Waals surface area contributed by atoms with Crippen LogP contribution in [-0.4, -0.2) is 92.2 Å². The van der Waals surface area contributed by atoms with Crippen LogP contribution in [0.4, 0.5) is 4.79 Å². The van der Waals surface area contributed by atoms with Crippen LogP contribution in [0, 0.1) is 5.92 Å². The van der Waals surface area contributed by atoms with E-state index < -0.39 is 6.04 Å². The Hall–Kier alpha value is -3.73. The van der Waals surface area contributed by atoms with E-state index in [0.717, 1.165) is 22.4 Å². The molecule has 2 N–H and O–H groups in total. The lowest BCUT2D eigenvalue weighted by atomic mass is 9.82. The molecule has 2 amide bonds. The van der Waals surface area contributed by atoms with Crippen molar-refractivity contribution in [1.29, 1.82) is 0 Å². The molecule has 47 heavy (non-hydrogen) atoms. The molecular weight excluding hydrogens is 616 g/mol. The monoisotopic (exact) mass is 666 g/mol. The van der Waals surface area contributed by atoms with Gasteiger partial charge in [-0.3, -0.25) is 19.7 Å². The van der Waals surface area contributed by atoms with Gasteiger partial charge in [0.2, 0.25) is 6.41 Å². The molecule has 2 aromatic rings. The smallest absolute Gasteiger partial charge is 0.409 e. The molecule has 4 rings (SSSR count). The molecule has 2 heterocycles. The first-order valence-corrected chi connectivity index (χ1v) is 16.6. The number of carbonyl (C=O) groups excluding carboxylic acids is 2. The van der Waals surface area contributed by atoms with E-state index in [-0.39, 0.29) is 23.7 Å². The molecule has 1 aromatic heterocycles. The van der Waals surface area contributed by atoms with Crippen LogP contribution in [0.2, 0.25) is 5.02 Å². The van der Waals surface area contributed by atoms with Crippen LogP contribution in [0.3, 0.4) is 0 Å². The fourth-order valence-electron chi connectivity index (χ4n) is 5.56. The molecule has 1 saturated carbocycles. The molecule has 2 fully saturated rings. The van der Waals surface area contributed by atoms with Crippen molar-refractivity contribution in [3.05, 3.63) is 82.8 Å². The number of methoxy groups -OCH3 is 1. The molecule has 10 nitrogen and oxygen atoms in total. The van der Waals surface area contributed by atoms with Crippen molar-refractivity contribution in [2.75, 3.05) is 46.9 Å². The summed E-state index contributed by atoms with van der Waals surface area (Å²) in [4.78, 5) is 36.9. The van der Waals surface area contributed by atoms with E-state index in [2.05, 4.69) is 27.4 Å². The largest absolute Gasteiger partial charge is 0.449 e. The molecule has 1 aliphatic heterocycles. The molecule has 0 spiro atoms. The Balaban J connectivity index is 0.000000756. The zero-order chi connectivity index (χ0) is 34.2. The number of carbonyl (C=O) groups is 2. The van der Waals surface area contributed by atoms with Gasteiger partial charge in [0, 0.05) is 57.8 Å². The number of hydrogen-bond donors (Lipinski definition) is 2. The van der Waals surface area contributed by atoms with Crippen molar-refractivity contribution in [2.45, 2.75) is 64.6 Å². The molecule has 0 radical (unpaired) electrons. The minimum atomic E-state index is -0.422. The molecule has 1 saturated heterocycles. The van der Waals surface area contributed by atoms with Gasteiger partial charge in [-0.2, -0.15) is 0 Å². The van der Waals surface area contributed by atoms with Gasteiger partial charge in [-0.25, -0.2) is 4.79 Å². The second-order valence-corrected chi connectivity index (χ2v) is 12.7. The topological polar surface area (TPSA) is 108 Å². The summed E-state index contributed by atoms with van der Waals surface area (Å²) in [6.45, 7) is 10.9. The van der Waals surface area contributed by atoms with Crippen LogP contribution in [0.15, 0.2) is 65.9 Å². The number of ether oxygens (including phenoxy) is 2. The summed E-state index contributed by atoms with van der Waals surface area (Å²) >= 11 is 6.54. The first-order chi connectivity index (χ1) is 22.7. The fourth-order valence-corrected chi connectivity index (χ4v) is 5.73. The number of aliphatic imine (C=N–C) groups is 1. The number of halogens is 1.